The van der Waals surface area contributed by atoms with Crippen molar-refractivity contribution >= 4 is 11.5 Å². The van der Waals surface area contributed by atoms with Crippen LogP contribution in [0.5, 0.6) is 5.88 Å². The number of piperidine rings is 1. The first kappa shape index (κ1) is 13.5. The van der Waals surface area contributed by atoms with E-state index in [1.54, 1.807) is 11.8 Å². The van der Waals surface area contributed by atoms with Gasteiger partial charge in [0.25, 0.3) is 5.88 Å². The second-order valence-electron chi connectivity index (χ2n) is 4.80. The molecule has 0 bridgehead atoms. The molecular formula is C11H16N4O4. The second-order valence-corrected chi connectivity index (χ2v) is 4.80. The van der Waals surface area contributed by atoms with Crippen LogP contribution in [-0.4, -0.2) is 45.8 Å². The molecule has 8 heteroatoms. The predicted molar refractivity (Wildman–Crippen MR) is 67.3 cm³/mol. The Morgan fingerprint density at radius 1 is 1.47 bits per heavy atom. The Morgan fingerprint density at radius 2 is 2.11 bits per heavy atom. The SMILES string of the molecule is COc1ncnc(N2CCC(C)(O)CC2)c1[N+](=O)[O-]. The summed E-state index contributed by atoms with van der Waals surface area (Å²) >= 11 is 0. The van der Waals surface area contributed by atoms with Crippen molar-refractivity contribution in [3.63, 3.8) is 0 Å². The zero-order valence-corrected chi connectivity index (χ0v) is 10.9. The van der Waals surface area contributed by atoms with Crippen molar-refractivity contribution in [2.45, 2.75) is 25.4 Å². The van der Waals surface area contributed by atoms with Gasteiger partial charge in [-0.3, -0.25) is 10.1 Å². The Kier molecular flexibility index (Phi) is 3.52. The van der Waals surface area contributed by atoms with Crippen LogP contribution in [0.15, 0.2) is 6.33 Å². The Hall–Kier alpha value is -1.96. The monoisotopic (exact) mass is 268 g/mol. The van der Waals surface area contributed by atoms with Crippen molar-refractivity contribution in [3.8, 4) is 5.88 Å². The maximum atomic E-state index is 11.1. The van der Waals surface area contributed by atoms with Crippen molar-refractivity contribution in [3.05, 3.63) is 16.4 Å². The third-order valence-electron chi connectivity index (χ3n) is 3.29. The maximum Gasteiger partial charge on any atom is 0.372 e. The Balaban J connectivity index is 2.32. The molecule has 0 atom stereocenters. The number of nitro groups is 1. The normalized spacial score (nSPS) is 18.2. The summed E-state index contributed by atoms with van der Waals surface area (Å²) in [6.45, 7) is 2.78. The highest BCUT2D eigenvalue weighted by Gasteiger charge is 2.33. The van der Waals surface area contributed by atoms with E-state index in [1.165, 1.54) is 13.4 Å². The quantitative estimate of drug-likeness (QED) is 0.637. The fraction of sp³-hybridized carbons (Fsp3) is 0.636. The van der Waals surface area contributed by atoms with E-state index in [1.807, 2.05) is 0 Å². The summed E-state index contributed by atoms with van der Waals surface area (Å²) in [6.07, 6.45) is 2.32. The van der Waals surface area contributed by atoms with Crippen molar-refractivity contribution in [1.29, 1.82) is 0 Å². The molecule has 19 heavy (non-hydrogen) atoms. The lowest BCUT2D eigenvalue weighted by molar-refractivity contribution is -0.385. The molecule has 0 aromatic carbocycles. The number of methoxy groups -OCH3 is 1. The zero-order chi connectivity index (χ0) is 14.0. The maximum absolute atomic E-state index is 11.1. The lowest BCUT2D eigenvalue weighted by Gasteiger charge is -2.36. The average Bonchev–Trinajstić information content (AvgIpc) is 2.37. The lowest BCUT2D eigenvalue weighted by atomic mass is 9.94. The van der Waals surface area contributed by atoms with Gasteiger partial charge in [-0.05, 0) is 19.8 Å². The summed E-state index contributed by atoms with van der Waals surface area (Å²) in [6, 6.07) is 0. The number of hydrogen-bond acceptors (Lipinski definition) is 7. The number of aliphatic hydroxyl groups is 1. The van der Waals surface area contributed by atoms with Crippen LogP contribution < -0.4 is 9.64 Å². The molecule has 1 aromatic heterocycles. The topological polar surface area (TPSA) is 102 Å². The highest BCUT2D eigenvalue weighted by atomic mass is 16.6. The van der Waals surface area contributed by atoms with Gasteiger partial charge in [-0.15, -0.1) is 0 Å². The summed E-state index contributed by atoms with van der Waals surface area (Å²) < 4.78 is 4.91. The molecule has 2 heterocycles. The first-order valence-corrected chi connectivity index (χ1v) is 5.95. The molecule has 1 fully saturated rings. The molecule has 2 rings (SSSR count). The summed E-state index contributed by atoms with van der Waals surface area (Å²) in [4.78, 5) is 20.1. The Bertz CT molecular complexity index is 482. The minimum atomic E-state index is -0.720. The van der Waals surface area contributed by atoms with Gasteiger partial charge in [0.15, 0.2) is 0 Å². The number of rotatable bonds is 3. The van der Waals surface area contributed by atoms with Crippen LogP contribution >= 0.6 is 0 Å². The molecule has 0 amide bonds. The molecule has 1 saturated heterocycles. The van der Waals surface area contributed by atoms with E-state index in [-0.39, 0.29) is 17.4 Å². The molecule has 0 saturated carbocycles. The molecular weight excluding hydrogens is 252 g/mol. The van der Waals surface area contributed by atoms with Crippen molar-refractivity contribution < 1.29 is 14.8 Å². The van der Waals surface area contributed by atoms with E-state index >= 15 is 0 Å². The first-order chi connectivity index (χ1) is 8.94. The van der Waals surface area contributed by atoms with Crippen molar-refractivity contribution in [2.75, 3.05) is 25.1 Å². The van der Waals surface area contributed by atoms with Crippen LogP contribution in [0.3, 0.4) is 0 Å². The van der Waals surface area contributed by atoms with Gasteiger partial charge in [-0.25, -0.2) is 4.98 Å². The molecule has 1 aliphatic heterocycles. The number of ether oxygens (including phenoxy) is 1. The first-order valence-electron chi connectivity index (χ1n) is 5.95. The van der Waals surface area contributed by atoms with E-state index in [9.17, 15) is 15.2 Å². The van der Waals surface area contributed by atoms with Crippen molar-refractivity contribution in [2.24, 2.45) is 0 Å². The lowest BCUT2D eigenvalue weighted by Crippen LogP contribution is -2.43. The summed E-state index contributed by atoms with van der Waals surface area (Å²) in [7, 11) is 1.33. The van der Waals surface area contributed by atoms with Crippen molar-refractivity contribution in [1.82, 2.24) is 9.97 Å². The largest absolute Gasteiger partial charge is 0.476 e. The van der Waals surface area contributed by atoms with E-state index in [0.29, 0.717) is 25.9 Å². The van der Waals surface area contributed by atoms with Gasteiger partial charge in [0.2, 0.25) is 5.82 Å². The molecule has 8 nitrogen and oxygen atoms in total. The summed E-state index contributed by atoms with van der Waals surface area (Å²) in [5.41, 5.74) is -0.950. The molecule has 0 spiro atoms. The second kappa shape index (κ2) is 4.96. The molecule has 0 aliphatic carbocycles. The van der Waals surface area contributed by atoms with Crippen LogP contribution in [0.1, 0.15) is 19.8 Å². The highest BCUT2D eigenvalue weighted by molar-refractivity contribution is 5.62. The van der Waals surface area contributed by atoms with Gasteiger partial charge in [0.05, 0.1) is 17.6 Å². The fourth-order valence-corrected chi connectivity index (χ4v) is 2.09. The van der Waals surface area contributed by atoms with Crippen LogP contribution in [0.25, 0.3) is 0 Å². The van der Waals surface area contributed by atoms with E-state index < -0.39 is 10.5 Å². The van der Waals surface area contributed by atoms with Gasteiger partial charge < -0.3 is 14.7 Å². The molecule has 1 N–H and O–H groups in total. The Morgan fingerprint density at radius 3 is 2.63 bits per heavy atom. The van der Waals surface area contributed by atoms with Gasteiger partial charge in [-0.2, -0.15) is 4.98 Å². The van der Waals surface area contributed by atoms with E-state index in [2.05, 4.69) is 9.97 Å². The van der Waals surface area contributed by atoms with Crippen LogP contribution in [0.2, 0.25) is 0 Å². The standard InChI is InChI=1S/C11H16N4O4/c1-11(16)3-5-14(6-4-11)9-8(15(17)18)10(19-2)13-7-12-9/h7,16H,3-6H2,1-2H3. The minimum Gasteiger partial charge on any atom is -0.476 e. The molecule has 1 aliphatic rings. The summed E-state index contributed by atoms with van der Waals surface area (Å²) in [5.74, 6) is 0.194. The number of nitrogens with zero attached hydrogens (tertiary/aromatic N) is 4. The average molecular weight is 268 g/mol. The number of aromatic nitrogens is 2. The Labute approximate surface area is 110 Å². The van der Waals surface area contributed by atoms with E-state index in [4.69, 9.17) is 4.74 Å². The minimum absolute atomic E-state index is 0.0488. The van der Waals surface area contributed by atoms with Crippen LogP contribution in [0, 0.1) is 10.1 Å². The predicted octanol–water partition coefficient (Wildman–Crippen LogP) is 0.745. The van der Waals surface area contributed by atoms with Crippen LogP contribution in [-0.2, 0) is 0 Å². The smallest absolute Gasteiger partial charge is 0.372 e. The number of hydrogen-bond donors (Lipinski definition) is 1. The molecule has 104 valence electrons. The van der Waals surface area contributed by atoms with Crippen LogP contribution in [0.4, 0.5) is 11.5 Å². The van der Waals surface area contributed by atoms with Gasteiger partial charge in [0, 0.05) is 13.1 Å². The highest BCUT2D eigenvalue weighted by Crippen LogP contribution is 2.35. The number of anilines is 1. The summed E-state index contributed by atoms with van der Waals surface area (Å²) in [5, 5.41) is 21.0. The third-order valence-corrected chi connectivity index (χ3v) is 3.29. The third kappa shape index (κ3) is 2.73. The van der Waals surface area contributed by atoms with Gasteiger partial charge >= 0.3 is 5.69 Å². The van der Waals surface area contributed by atoms with E-state index in [0.717, 1.165) is 0 Å². The molecule has 1 aromatic rings. The molecule has 0 unspecified atom stereocenters. The molecule has 0 radical (unpaired) electrons. The van der Waals surface area contributed by atoms with Gasteiger partial charge in [0.1, 0.15) is 6.33 Å². The van der Waals surface area contributed by atoms with Gasteiger partial charge in [-0.1, -0.05) is 0 Å². The zero-order valence-electron chi connectivity index (χ0n) is 10.9. The fourth-order valence-electron chi connectivity index (χ4n) is 2.09.